The van der Waals surface area contributed by atoms with Crippen molar-refractivity contribution in [1.82, 2.24) is 35.1 Å². The summed E-state index contributed by atoms with van der Waals surface area (Å²) in [6.07, 6.45) is 8.42. The lowest BCUT2D eigenvalue weighted by Gasteiger charge is -2.30. The molecule has 0 radical (unpaired) electrons. The number of hydrogen-bond acceptors (Lipinski definition) is 10. The molecule has 33 heavy (non-hydrogen) atoms. The van der Waals surface area contributed by atoms with Gasteiger partial charge in [-0.2, -0.15) is 4.98 Å². The molecule has 0 fully saturated rings. The number of hydrogen-bond donors (Lipinski definition) is 2. The molecule has 4 aromatic rings. The second-order valence-corrected chi connectivity index (χ2v) is 8.63. The quantitative estimate of drug-likeness (QED) is 0.432. The largest absolute Gasteiger partial charge is 0.368 e. The van der Waals surface area contributed by atoms with Gasteiger partial charge in [0.05, 0.1) is 23.5 Å². The van der Waals surface area contributed by atoms with Crippen molar-refractivity contribution in [2.24, 2.45) is 5.92 Å². The monoisotopic (exact) mass is 445 g/mol. The zero-order chi connectivity index (χ0) is 23.6. The van der Waals surface area contributed by atoms with Gasteiger partial charge in [-0.15, -0.1) is 0 Å². The molecule has 0 saturated heterocycles. The van der Waals surface area contributed by atoms with Crippen LogP contribution in [0.5, 0.6) is 0 Å². The molecule has 3 N–H and O–H groups in total. The Morgan fingerprint density at radius 2 is 1.61 bits per heavy atom. The van der Waals surface area contributed by atoms with Crippen LogP contribution in [0.15, 0.2) is 47.6 Å². The number of rotatable bonds is 7. The summed E-state index contributed by atoms with van der Waals surface area (Å²) in [5.74, 6) is 1.97. The molecule has 0 amide bonds. The third-order valence-corrected chi connectivity index (χ3v) is 5.68. The van der Waals surface area contributed by atoms with Gasteiger partial charge in [0, 0.05) is 30.2 Å². The van der Waals surface area contributed by atoms with Crippen LogP contribution < -0.4 is 11.1 Å². The van der Waals surface area contributed by atoms with E-state index in [1.54, 1.807) is 24.8 Å². The fourth-order valence-electron chi connectivity index (χ4n) is 3.41. The second kappa shape index (κ2) is 8.89. The van der Waals surface area contributed by atoms with E-state index in [2.05, 4.69) is 61.1 Å². The molecule has 170 valence electrons. The van der Waals surface area contributed by atoms with Crippen molar-refractivity contribution in [3.63, 3.8) is 0 Å². The minimum Gasteiger partial charge on any atom is -0.368 e. The molecule has 0 aliphatic heterocycles. The number of nitrogens with one attached hydrogen (secondary N) is 1. The van der Waals surface area contributed by atoms with Crippen LogP contribution in [0.25, 0.3) is 22.8 Å². The van der Waals surface area contributed by atoms with Crippen molar-refractivity contribution in [2.75, 3.05) is 11.1 Å². The molecular weight excluding hydrogens is 418 g/mol. The van der Waals surface area contributed by atoms with Gasteiger partial charge in [0.15, 0.2) is 5.82 Å². The highest BCUT2D eigenvalue weighted by molar-refractivity contribution is 5.57. The molecule has 0 aliphatic carbocycles. The van der Waals surface area contributed by atoms with Crippen LogP contribution in [0.1, 0.15) is 46.0 Å². The molecule has 0 bridgehead atoms. The number of aromatic nitrogens is 7. The van der Waals surface area contributed by atoms with E-state index in [1.807, 2.05) is 32.2 Å². The zero-order valence-electron chi connectivity index (χ0n) is 19.3. The maximum absolute atomic E-state index is 5.58. The topological polar surface area (TPSA) is 141 Å². The van der Waals surface area contributed by atoms with Crippen LogP contribution in [0, 0.1) is 5.92 Å². The zero-order valence-corrected chi connectivity index (χ0v) is 19.3. The summed E-state index contributed by atoms with van der Waals surface area (Å²) in [5, 5.41) is 7.50. The first kappa shape index (κ1) is 22.3. The summed E-state index contributed by atoms with van der Waals surface area (Å²) in [6, 6.07) is 4.21. The summed E-state index contributed by atoms with van der Waals surface area (Å²) in [6.45, 7) is 10.4. The highest BCUT2D eigenvalue weighted by Gasteiger charge is 2.38. The molecular formula is C23H27N9O. The normalized spacial score (nSPS) is 13.3. The number of nitrogens with two attached hydrogens (primary N) is 1. The number of nitrogen functional groups attached to an aromatic ring is 1. The smallest absolute Gasteiger partial charge is 0.278 e. The van der Waals surface area contributed by atoms with Crippen LogP contribution >= 0.6 is 0 Å². The van der Waals surface area contributed by atoms with Crippen molar-refractivity contribution in [1.29, 1.82) is 0 Å². The summed E-state index contributed by atoms with van der Waals surface area (Å²) >= 11 is 0. The van der Waals surface area contributed by atoms with E-state index in [1.165, 1.54) is 0 Å². The Bertz CT molecular complexity index is 1200. The van der Waals surface area contributed by atoms with Gasteiger partial charge in [0.1, 0.15) is 11.5 Å². The van der Waals surface area contributed by atoms with Crippen LogP contribution in [0.2, 0.25) is 0 Å². The highest BCUT2D eigenvalue weighted by Crippen LogP contribution is 2.38. The molecule has 0 saturated carbocycles. The Labute approximate surface area is 192 Å². The first-order valence-electron chi connectivity index (χ1n) is 10.7. The van der Waals surface area contributed by atoms with Gasteiger partial charge < -0.3 is 15.6 Å². The molecule has 0 aromatic carbocycles. The summed E-state index contributed by atoms with van der Waals surface area (Å²) in [5.41, 5.74) is 8.07. The second-order valence-electron chi connectivity index (χ2n) is 8.63. The summed E-state index contributed by atoms with van der Waals surface area (Å²) < 4.78 is 5.56. The fraction of sp³-hybridized carbons (Fsp3) is 0.348. The van der Waals surface area contributed by atoms with E-state index in [4.69, 9.17) is 10.3 Å². The Balaban J connectivity index is 1.63. The van der Waals surface area contributed by atoms with Crippen LogP contribution in [-0.2, 0) is 5.41 Å². The Kier molecular flexibility index (Phi) is 5.99. The average molecular weight is 446 g/mol. The molecule has 4 rings (SSSR count). The van der Waals surface area contributed by atoms with E-state index in [-0.39, 0.29) is 17.9 Å². The van der Waals surface area contributed by atoms with Crippen LogP contribution in [0.3, 0.4) is 0 Å². The van der Waals surface area contributed by atoms with Gasteiger partial charge in [0.2, 0.25) is 5.95 Å². The first-order chi connectivity index (χ1) is 15.8. The van der Waals surface area contributed by atoms with E-state index < -0.39 is 5.41 Å². The predicted molar refractivity (Wildman–Crippen MR) is 125 cm³/mol. The van der Waals surface area contributed by atoms with Gasteiger partial charge in [0.25, 0.3) is 5.89 Å². The van der Waals surface area contributed by atoms with E-state index in [0.29, 0.717) is 23.2 Å². The molecule has 0 unspecified atom stereocenters. The standard InChI is InChI=1S/C23H27N9O/c1-13(2)23(5,16-6-7-17(25-10-16)15-8-28-22(24)29-9-15)21-31-20(33-32-21)18-11-27-19(12-26-18)30-14(3)4/h6-14H,1-5H3,(H,27,30)(H2,24,28,29)/t23-/m0/s1. The van der Waals surface area contributed by atoms with Gasteiger partial charge >= 0.3 is 0 Å². The summed E-state index contributed by atoms with van der Waals surface area (Å²) in [7, 11) is 0. The maximum Gasteiger partial charge on any atom is 0.278 e. The number of nitrogens with zero attached hydrogens (tertiary/aromatic N) is 7. The summed E-state index contributed by atoms with van der Waals surface area (Å²) in [4.78, 5) is 26.1. The van der Waals surface area contributed by atoms with E-state index in [0.717, 1.165) is 16.8 Å². The van der Waals surface area contributed by atoms with Crippen molar-refractivity contribution in [3.05, 3.63) is 54.5 Å². The maximum atomic E-state index is 5.58. The number of pyridine rings is 1. The molecule has 10 heteroatoms. The van der Waals surface area contributed by atoms with Crippen molar-refractivity contribution >= 4 is 11.8 Å². The molecule has 0 aliphatic rings. The Morgan fingerprint density at radius 3 is 2.18 bits per heavy atom. The Morgan fingerprint density at radius 1 is 0.879 bits per heavy atom. The molecule has 4 heterocycles. The average Bonchev–Trinajstić information content (AvgIpc) is 3.30. The number of anilines is 2. The minimum atomic E-state index is -0.530. The van der Waals surface area contributed by atoms with Gasteiger partial charge in [-0.25, -0.2) is 19.9 Å². The van der Waals surface area contributed by atoms with Crippen LogP contribution in [0.4, 0.5) is 11.8 Å². The van der Waals surface area contributed by atoms with Gasteiger partial charge in [-0.05, 0) is 38.3 Å². The lowest BCUT2D eigenvalue weighted by Crippen LogP contribution is -2.31. The molecule has 1 atom stereocenters. The van der Waals surface area contributed by atoms with E-state index in [9.17, 15) is 0 Å². The van der Waals surface area contributed by atoms with Gasteiger partial charge in [-0.3, -0.25) is 4.98 Å². The highest BCUT2D eigenvalue weighted by atomic mass is 16.5. The lowest BCUT2D eigenvalue weighted by molar-refractivity contribution is 0.350. The third-order valence-electron chi connectivity index (χ3n) is 5.68. The third kappa shape index (κ3) is 4.50. The fourth-order valence-corrected chi connectivity index (χ4v) is 3.41. The molecule has 10 nitrogen and oxygen atoms in total. The SMILES string of the molecule is CC(C)Nc1cnc(-c2nc([C@](C)(c3ccc(-c4cnc(N)nc4)nc3)C(C)C)no2)cn1. The molecule has 0 spiro atoms. The van der Waals surface area contributed by atoms with Crippen molar-refractivity contribution in [2.45, 2.75) is 46.1 Å². The first-order valence-corrected chi connectivity index (χ1v) is 10.7. The molecule has 4 aromatic heterocycles. The van der Waals surface area contributed by atoms with Crippen LogP contribution in [-0.4, -0.2) is 41.1 Å². The van der Waals surface area contributed by atoms with Crippen molar-refractivity contribution < 1.29 is 4.52 Å². The van der Waals surface area contributed by atoms with Gasteiger partial charge in [-0.1, -0.05) is 25.1 Å². The minimum absolute atomic E-state index is 0.166. The Hall–Kier alpha value is -3.95. The van der Waals surface area contributed by atoms with Crippen molar-refractivity contribution in [3.8, 4) is 22.8 Å². The predicted octanol–water partition coefficient (Wildman–Crippen LogP) is 3.74. The van der Waals surface area contributed by atoms with E-state index >= 15 is 0 Å². The lowest BCUT2D eigenvalue weighted by atomic mass is 9.73.